The molecule has 2 aromatic heterocycles. The Bertz CT molecular complexity index is 994. The molecule has 0 aliphatic rings. The first kappa shape index (κ1) is 19.3. The SMILES string of the molecule is N/C(=C\c1cc(-c2ccccc2F)[nH]c1N)CCC(F)Cn1cc(C=O)nn1. The molecule has 5 N–H and O–H groups in total. The zero-order chi connectivity index (χ0) is 20.1. The monoisotopic (exact) mass is 386 g/mol. The van der Waals surface area contributed by atoms with Crippen LogP contribution in [0.3, 0.4) is 0 Å². The number of carbonyl (C=O) groups is 1. The standard InChI is InChI=1S/C19H20F2N6O/c20-13(9-27-10-15(11-28)25-26-27)5-6-14(22)7-12-8-18(24-19(12)23)16-3-1-2-4-17(16)21/h1-4,7-8,10-11,13,24H,5-6,9,22-23H2/b14-7-. The Morgan fingerprint density at radius 1 is 1.36 bits per heavy atom. The van der Waals surface area contributed by atoms with Crippen LogP contribution >= 0.6 is 0 Å². The highest BCUT2D eigenvalue weighted by Crippen LogP contribution is 2.27. The van der Waals surface area contributed by atoms with Gasteiger partial charge in [0.05, 0.1) is 18.4 Å². The highest BCUT2D eigenvalue weighted by atomic mass is 19.1. The van der Waals surface area contributed by atoms with Crippen LogP contribution in [0.4, 0.5) is 14.6 Å². The maximum atomic E-state index is 14.1. The lowest BCUT2D eigenvalue weighted by atomic mass is 10.1. The van der Waals surface area contributed by atoms with Crippen molar-refractivity contribution < 1.29 is 13.6 Å². The number of rotatable bonds is 8. The molecule has 0 amide bonds. The summed E-state index contributed by atoms with van der Waals surface area (Å²) < 4.78 is 29.3. The number of benzene rings is 1. The second-order valence-electron chi connectivity index (χ2n) is 6.37. The summed E-state index contributed by atoms with van der Waals surface area (Å²) in [5.41, 5.74) is 14.1. The van der Waals surface area contributed by atoms with Crippen molar-refractivity contribution in [3.8, 4) is 11.3 Å². The summed E-state index contributed by atoms with van der Waals surface area (Å²) in [5.74, 6) is -0.0135. The molecule has 0 bridgehead atoms. The van der Waals surface area contributed by atoms with Gasteiger partial charge in [-0.2, -0.15) is 0 Å². The number of aldehydes is 1. The molecule has 3 rings (SSSR count). The van der Waals surface area contributed by atoms with Gasteiger partial charge in [0.15, 0.2) is 6.29 Å². The van der Waals surface area contributed by atoms with Crippen molar-refractivity contribution in [1.82, 2.24) is 20.0 Å². The molecule has 3 aromatic rings. The number of allylic oxidation sites excluding steroid dienone is 1. The molecule has 1 unspecified atom stereocenters. The Balaban J connectivity index is 1.62. The minimum atomic E-state index is -1.20. The molecule has 0 fully saturated rings. The quantitative estimate of drug-likeness (QED) is 0.515. The number of nitrogens with zero attached hydrogens (tertiary/aromatic N) is 3. The molecule has 1 atom stereocenters. The van der Waals surface area contributed by atoms with E-state index < -0.39 is 6.17 Å². The zero-order valence-corrected chi connectivity index (χ0v) is 15.0. The molecule has 0 spiro atoms. The minimum Gasteiger partial charge on any atom is -0.402 e. The Morgan fingerprint density at radius 3 is 2.86 bits per heavy atom. The number of alkyl halides is 1. The van der Waals surface area contributed by atoms with Crippen LogP contribution in [0, 0.1) is 5.82 Å². The maximum Gasteiger partial charge on any atom is 0.171 e. The summed E-state index contributed by atoms with van der Waals surface area (Å²) >= 11 is 0. The topological polar surface area (TPSA) is 116 Å². The third-order valence-corrected chi connectivity index (χ3v) is 4.19. The lowest BCUT2D eigenvalue weighted by molar-refractivity contribution is 0.111. The van der Waals surface area contributed by atoms with Gasteiger partial charge < -0.3 is 16.5 Å². The summed E-state index contributed by atoms with van der Waals surface area (Å²) in [7, 11) is 0. The van der Waals surface area contributed by atoms with Crippen molar-refractivity contribution in [3.05, 3.63) is 59.3 Å². The van der Waals surface area contributed by atoms with Crippen LogP contribution in [0.1, 0.15) is 28.9 Å². The fraction of sp³-hybridized carbons (Fsp3) is 0.211. The average molecular weight is 386 g/mol. The first-order valence-electron chi connectivity index (χ1n) is 8.65. The molecule has 0 saturated heterocycles. The number of halogens is 2. The molecule has 0 aliphatic carbocycles. The van der Waals surface area contributed by atoms with Gasteiger partial charge >= 0.3 is 0 Å². The van der Waals surface area contributed by atoms with E-state index in [1.165, 1.54) is 16.9 Å². The average Bonchev–Trinajstić information content (AvgIpc) is 3.27. The molecular weight excluding hydrogens is 366 g/mol. The highest BCUT2D eigenvalue weighted by molar-refractivity contribution is 5.73. The number of anilines is 1. The number of nitrogens with two attached hydrogens (primary N) is 2. The summed E-state index contributed by atoms with van der Waals surface area (Å²) in [5, 5.41) is 7.25. The molecule has 0 saturated carbocycles. The number of nitrogens with one attached hydrogen (secondary N) is 1. The van der Waals surface area contributed by atoms with Gasteiger partial charge in [-0.3, -0.25) is 4.79 Å². The van der Waals surface area contributed by atoms with Crippen molar-refractivity contribution >= 4 is 18.2 Å². The molecule has 0 radical (unpaired) electrons. The summed E-state index contributed by atoms with van der Waals surface area (Å²) in [6, 6.07) is 8.05. The second-order valence-corrected chi connectivity index (χ2v) is 6.37. The van der Waals surface area contributed by atoms with Gasteiger partial charge in [0.2, 0.25) is 0 Å². The number of H-pyrrole nitrogens is 1. The summed E-state index contributed by atoms with van der Waals surface area (Å²) in [6.07, 6.45) is 2.84. The normalized spacial score (nSPS) is 12.9. The Morgan fingerprint density at radius 2 is 2.14 bits per heavy atom. The maximum absolute atomic E-state index is 14.1. The van der Waals surface area contributed by atoms with Crippen LogP contribution in [0.15, 0.2) is 42.2 Å². The van der Waals surface area contributed by atoms with E-state index in [-0.39, 0.29) is 24.5 Å². The predicted octanol–water partition coefficient (Wildman–Crippen LogP) is 2.93. The molecule has 9 heteroatoms. The molecule has 2 heterocycles. The first-order valence-corrected chi connectivity index (χ1v) is 8.65. The fourth-order valence-corrected chi connectivity index (χ4v) is 2.78. The van der Waals surface area contributed by atoms with Crippen LogP contribution in [-0.4, -0.2) is 32.4 Å². The first-order chi connectivity index (χ1) is 13.5. The van der Waals surface area contributed by atoms with Gasteiger partial charge in [-0.05, 0) is 37.1 Å². The van der Waals surface area contributed by atoms with Crippen molar-refractivity contribution in [1.29, 1.82) is 0 Å². The second kappa shape index (κ2) is 8.47. The van der Waals surface area contributed by atoms with Gasteiger partial charge in [0.25, 0.3) is 0 Å². The number of hydrogen-bond donors (Lipinski definition) is 3. The van der Waals surface area contributed by atoms with Gasteiger partial charge in [-0.25, -0.2) is 13.5 Å². The van der Waals surface area contributed by atoms with Crippen molar-refractivity contribution in [2.75, 3.05) is 5.73 Å². The Kier molecular flexibility index (Phi) is 5.83. The van der Waals surface area contributed by atoms with E-state index >= 15 is 0 Å². The van der Waals surface area contributed by atoms with Gasteiger partial charge in [-0.15, -0.1) is 5.10 Å². The smallest absolute Gasteiger partial charge is 0.171 e. The highest BCUT2D eigenvalue weighted by Gasteiger charge is 2.12. The number of aromatic amines is 1. The third-order valence-electron chi connectivity index (χ3n) is 4.19. The Hall–Kier alpha value is -3.49. The van der Waals surface area contributed by atoms with E-state index in [2.05, 4.69) is 15.3 Å². The van der Waals surface area contributed by atoms with Crippen LogP contribution in [0.25, 0.3) is 17.3 Å². The van der Waals surface area contributed by atoms with E-state index in [0.717, 1.165) is 0 Å². The number of aromatic nitrogens is 4. The number of carbonyl (C=O) groups excluding carboxylic acids is 1. The third kappa shape index (κ3) is 4.61. The summed E-state index contributed by atoms with van der Waals surface area (Å²) in [4.78, 5) is 13.5. The molecule has 7 nitrogen and oxygen atoms in total. The lowest BCUT2D eigenvalue weighted by Crippen LogP contribution is -2.13. The van der Waals surface area contributed by atoms with Crippen LogP contribution in [0.5, 0.6) is 0 Å². The van der Waals surface area contributed by atoms with E-state index in [9.17, 15) is 13.6 Å². The number of nitrogen functional groups attached to an aromatic ring is 1. The van der Waals surface area contributed by atoms with E-state index in [1.54, 1.807) is 30.3 Å². The van der Waals surface area contributed by atoms with Crippen molar-refractivity contribution in [2.45, 2.75) is 25.6 Å². The van der Waals surface area contributed by atoms with Gasteiger partial charge in [0, 0.05) is 16.8 Å². The lowest BCUT2D eigenvalue weighted by Gasteiger charge is -2.08. The number of hydrogen-bond acceptors (Lipinski definition) is 5. The van der Waals surface area contributed by atoms with Gasteiger partial charge in [-0.1, -0.05) is 17.3 Å². The predicted molar refractivity (Wildman–Crippen MR) is 102 cm³/mol. The zero-order valence-electron chi connectivity index (χ0n) is 15.0. The van der Waals surface area contributed by atoms with Gasteiger partial charge in [0.1, 0.15) is 23.5 Å². The summed E-state index contributed by atoms with van der Waals surface area (Å²) in [6.45, 7) is -0.0160. The van der Waals surface area contributed by atoms with Crippen molar-refractivity contribution in [2.24, 2.45) is 5.73 Å². The largest absolute Gasteiger partial charge is 0.402 e. The molecule has 0 aliphatic heterocycles. The van der Waals surface area contributed by atoms with E-state index in [0.29, 0.717) is 41.0 Å². The molecule has 28 heavy (non-hydrogen) atoms. The fourth-order valence-electron chi connectivity index (χ4n) is 2.78. The Labute approximate surface area is 160 Å². The van der Waals surface area contributed by atoms with E-state index in [4.69, 9.17) is 11.5 Å². The molecule has 1 aromatic carbocycles. The van der Waals surface area contributed by atoms with Crippen LogP contribution in [0.2, 0.25) is 0 Å². The molecular formula is C19H20F2N6O. The van der Waals surface area contributed by atoms with Crippen molar-refractivity contribution in [3.63, 3.8) is 0 Å². The minimum absolute atomic E-state index is 0.0160. The van der Waals surface area contributed by atoms with Crippen LogP contribution in [-0.2, 0) is 6.54 Å². The van der Waals surface area contributed by atoms with E-state index in [1.807, 2.05) is 0 Å². The van der Waals surface area contributed by atoms with Crippen LogP contribution < -0.4 is 11.5 Å². The molecule has 146 valence electrons.